The lowest BCUT2D eigenvalue weighted by Crippen LogP contribution is -1.63. The van der Waals surface area contributed by atoms with Crippen LogP contribution in [0.4, 0.5) is 4.39 Å². The molecule has 0 aromatic heterocycles. The Kier molecular flexibility index (Phi) is 6.45. The van der Waals surface area contributed by atoms with Gasteiger partial charge in [0.05, 0.1) is 6.33 Å². The zero-order valence-electron chi connectivity index (χ0n) is 4.48. The van der Waals surface area contributed by atoms with E-state index in [2.05, 4.69) is 0 Å². The van der Waals surface area contributed by atoms with Gasteiger partial charge in [-0.2, -0.15) is 0 Å². The molecule has 0 atom stereocenters. The van der Waals surface area contributed by atoms with Crippen LogP contribution in [-0.4, -0.2) is 5.88 Å². The van der Waals surface area contributed by atoms with Crippen molar-refractivity contribution in [1.82, 2.24) is 0 Å². The average Bonchev–Trinajstić information content (AvgIpc) is 1.81. The Balaban J connectivity index is 3.07. The molecule has 46 valence electrons. The van der Waals surface area contributed by atoms with Crippen molar-refractivity contribution in [2.75, 3.05) is 5.88 Å². The molecule has 0 rings (SSSR count). The molecule has 0 heterocycles. The Morgan fingerprint density at radius 3 is 2.62 bits per heavy atom. The number of halogens is 2. The highest BCUT2D eigenvalue weighted by molar-refractivity contribution is 6.17. The van der Waals surface area contributed by atoms with Crippen molar-refractivity contribution >= 4 is 11.6 Å². The molecular weight excluding hydrogens is 127 g/mol. The van der Waals surface area contributed by atoms with Gasteiger partial charge in [-0.25, -0.2) is 4.39 Å². The molecule has 0 aromatic rings. The molecule has 0 nitrogen and oxygen atoms in total. The second kappa shape index (κ2) is 6.70. The molecule has 2 heteroatoms. The van der Waals surface area contributed by atoms with E-state index in [1.807, 2.05) is 6.08 Å². The molecule has 0 fully saturated rings. The minimum atomic E-state index is 0.491. The van der Waals surface area contributed by atoms with Gasteiger partial charge in [0.2, 0.25) is 0 Å². The van der Waals surface area contributed by atoms with Gasteiger partial charge in [0, 0.05) is 5.88 Å². The van der Waals surface area contributed by atoms with Gasteiger partial charge >= 0.3 is 0 Å². The van der Waals surface area contributed by atoms with E-state index in [1.165, 1.54) is 6.08 Å². The maximum Gasteiger partial charge on any atom is 0.0866 e. The molecule has 0 aliphatic carbocycles. The smallest absolute Gasteiger partial charge is 0.0866 e. The lowest BCUT2D eigenvalue weighted by molar-refractivity contribution is 0.721. The van der Waals surface area contributed by atoms with E-state index in [-0.39, 0.29) is 0 Å². The van der Waals surface area contributed by atoms with Crippen LogP contribution in [0.5, 0.6) is 0 Å². The number of rotatable bonds is 3. The molecule has 0 radical (unpaired) electrons. The van der Waals surface area contributed by atoms with Crippen LogP contribution in [0, 0.1) is 0 Å². The second-order valence-electron chi connectivity index (χ2n) is 1.22. The summed E-state index contributed by atoms with van der Waals surface area (Å²) in [6, 6.07) is 0. The monoisotopic (exact) mass is 134 g/mol. The fraction of sp³-hybridized carbons (Fsp3) is 0.333. The molecule has 0 amide bonds. The van der Waals surface area contributed by atoms with Crippen LogP contribution < -0.4 is 0 Å². The minimum Gasteiger partial charge on any atom is -0.216 e. The van der Waals surface area contributed by atoms with Crippen molar-refractivity contribution in [3.8, 4) is 0 Å². The third-order valence-corrected chi connectivity index (χ3v) is 0.814. The third kappa shape index (κ3) is 5.70. The first-order valence-electron chi connectivity index (χ1n) is 2.39. The normalized spacial score (nSPS) is 11.8. The summed E-state index contributed by atoms with van der Waals surface area (Å²) >= 11 is 5.31. The lowest BCUT2D eigenvalue weighted by Gasteiger charge is -1.76. The maximum atomic E-state index is 11.2. The Labute approximate surface area is 53.7 Å². The first-order chi connectivity index (χ1) is 3.91. The molecule has 0 aliphatic heterocycles. The molecule has 8 heavy (non-hydrogen) atoms. The zero-order chi connectivity index (χ0) is 6.24. The molecule has 0 aromatic carbocycles. The summed E-state index contributed by atoms with van der Waals surface area (Å²) in [7, 11) is 0. The van der Waals surface area contributed by atoms with Crippen LogP contribution in [-0.2, 0) is 0 Å². The largest absolute Gasteiger partial charge is 0.216 e. The summed E-state index contributed by atoms with van der Waals surface area (Å²) in [6.07, 6.45) is 6.05. The number of hydrogen-bond donors (Lipinski definition) is 0. The molecular formula is C6H8ClF. The van der Waals surface area contributed by atoms with Gasteiger partial charge in [-0.1, -0.05) is 12.2 Å². The van der Waals surface area contributed by atoms with Gasteiger partial charge in [0.1, 0.15) is 0 Å². The third-order valence-electron chi connectivity index (χ3n) is 0.596. The van der Waals surface area contributed by atoms with Crippen LogP contribution in [0.15, 0.2) is 24.6 Å². The van der Waals surface area contributed by atoms with E-state index in [4.69, 9.17) is 11.6 Å². The van der Waals surface area contributed by atoms with Crippen molar-refractivity contribution in [1.29, 1.82) is 0 Å². The van der Waals surface area contributed by atoms with Crippen LogP contribution in [0.2, 0.25) is 0 Å². The summed E-state index contributed by atoms with van der Waals surface area (Å²) in [5, 5.41) is 0. The summed E-state index contributed by atoms with van der Waals surface area (Å²) < 4.78 is 11.2. The van der Waals surface area contributed by atoms with Gasteiger partial charge in [-0.15, -0.1) is 11.6 Å². The van der Waals surface area contributed by atoms with E-state index in [9.17, 15) is 4.39 Å². The standard InChI is InChI=1S/C6H8ClF/c7-5-3-1-2-4-6-8/h1-2,4,6H,3,5H2/b2-1-,6-4+. The Hall–Kier alpha value is -0.300. The Bertz CT molecular complexity index is 86.5. The topological polar surface area (TPSA) is 0 Å². The highest BCUT2D eigenvalue weighted by atomic mass is 35.5. The number of alkyl halides is 1. The predicted molar refractivity (Wildman–Crippen MR) is 34.7 cm³/mol. The van der Waals surface area contributed by atoms with Crippen LogP contribution >= 0.6 is 11.6 Å². The summed E-state index contributed by atoms with van der Waals surface area (Å²) in [4.78, 5) is 0. The van der Waals surface area contributed by atoms with E-state index in [0.29, 0.717) is 12.2 Å². The Morgan fingerprint density at radius 1 is 1.38 bits per heavy atom. The molecule has 0 unspecified atom stereocenters. The maximum absolute atomic E-state index is 11.2. The Morgan fingerprint density at radius 2 is 2.12 bits per heavy atom. The quantitative estimate of drug-likeness (QED) is 0.411. The minimum absolute atomic E-state index is 0.491. The second-order valence-corrected chi connectivity index (χ2v) is 1.60. The van der Waals surface area contributed by atoms with Crippen molar-refractivity contribution in [3.63, 3.8) is 0 Å². The van der Waals surface area contributed by atoms with Gasteiger partial charge in [-0.3, -0.25) is 0 Å². The van der Waals surface area contributed by atoms with Crippen LogP contribution in [0.25, 0.3) is 0 Å². The zero-order valence-corrected chi connectivity index (χ0v) is 5.24. The number of allylic oxidation sites excluding steroid dienone is 3. The summed E-state index contributed by atoms with van der Waals surface area (Å²) in [5.74, 6) is 0.594. The molecule has 0 spiro atoms. The van der Waals surface area contributed by atoms with Gasteiger partial charge < -0.3 is 0 Å². The van der Waals surface area contributed by atoms with E-state index in [0.717, 1.165) is 6.42 Å². The van der Waals surface area contributed by atoms with Crippen molar-refractivity contribution in [3.05, 3.63) is 24.6 Å². The predicted octanol–water partition coefficient (Wildman–Crippen LogP) is 2.65. The molecule has 0 bridgehead atoms. The summed E-state index contributed by atoms with van der Waals surface area (Å²) in [5.41, 5.74) is 0. The first-order valence-corrected chi connectivity index (χ1v) is 2.93. The van der Waals surface area contributed by atoms with Crippen molar-refractivity contribution in [2.45, 2.75) is 6.42 Å². The van der Waals surface area contributed by atoms with Crippen LogP contribution in [0.1, 0.15) is 6.42 Å². The highest BCUT2D eigenvalue weighted by Gasteiger charge is 1.69. The fourth-order valence-electron chi connectivity index (χ4n) is 0.280. The number of hydrogen-bond acceptors (Lipinski definition) is 0. The van der Waals surface area contributed by atoms with Gasteiger partial charge in [-0.05, 0) is 12.5 Å². The van der Waals surface area contributed by atoms with E-state index >= 15 is 0 Å². The SMILES string of the molecule is F/C=C/C=C\CCCl. The van der Waals surface area contributed by atoms with Gasteiger partial charge in [0.25, 0.3) is 0 Å². The fourth-order valence-corrected chi connectivity index (χ4v) is 0.406. The molecule has 0 N–H and O–H groups in total. The molecule has 0 saturated heterocycles. The highest BCUT2D eigenvalue weighted by Crippen LogP contribution is 1.86. The van der Waals surface area contributed by atoms with Crippen LogP contribution in [0.3, 0.4) is 0 Å². The molecule has 0 saturated carbocycles. The molecule has 0 aliphatic rings. The van der Waals surface area contributed by atoms with E-state index in [1.54, 1.807) is 6.08 Å². The first kappa shape index (κ1) is 7.70. The van der Waals surface area contributed by atoms with Crippen molar-refractivity contribution in [2.24, 2.45) is 0 Å². The summed E-state index contributed by atoms with van der Waals surface area (Å²) in [6.45, 7) is 0. The lowest BCUT2D eigenvalue weighted by atomic mass is 10.4. The average molecular weight is 135 g/mol. The van der Waals surface area contributed by atoms with Crippen molar-refractivity contribution < 1.29 is 4.39 Å². The van der Waals surface area contributed by atoms with Gasteiger partial charge in [0.15, 0.2) is 0 Å². The van der Waals surface area contributed by atoms with E-state index < -0.39 is 0 Å².